The second kappa shape index (κ2) is 5.82. The van der Waals surface area contributed by atoms with Crippen molar-refractivity contribution in [1.29, 1.82) is 0 Å². The summed E-state index contributed by atoms with van der Waals surface area (Å²) in [5.41, 5.74) is 2.52. The van der Waals surface area contributed by atoms with Crippen molar-refractivity contribution >= 4 is 34.4 Å². The van der Waals surface area contributed by atoms with Crippen LogP contribution in [0.25, 0.3) is 11.0 Å². The molecule has 0 bridgehead atoms. The van der Waals surface area contributed by atoms with Crippen LogP contribution in [0.3, 0.4) is 0 Å². The highest BCUT2D eigenvalue weighted by Crippen LogP contribution is 2.17. The minimum atomic E-state index is -0.346. The summed E-state index contributed by atoms with van der Waals surface area (Å²) in [6, 6.07) is 7.66. The van der Waals surface area contributed by atoms with Gasteiger partial charge in [-0.1, -0.05) is 6.07 Å². The molecule has 1 aromatic carbocycles. The smallest absolute Gasteiger partial charge is 0.281 e. The number of carbonyl (C=O) groups excluding carboxylic acids is 1. The highest BCUT2D eigenvalue weighted by atomic mass is 32.1. The average molecular weight is 314 g/mol. The summed E-state index contributed by atoms with van der Waals surface area (Å²) < 4.78 is 5.27. The molecule has 2 N–H and O–H groups in total. The second-order valence-corrected chi connectivity index (χ2v) is 5.32. The minimum absolute atomic E-state index is 0.0141. The number of benzene rings is 1. The third-order valence-corrected chi connectivity index (χ3v) is 3.77. The molecule has 0 saturated heterocycles. The molecule has 2 aromatic heterocycles. The lowest BCUT2D eigenvalue weighted by Crippen LogP contribution is -2.17. The zero-order chi connectivity index (χ0) is 15.5. The monoisotopic (exact) mass is 314 g/mol. The number of aromatic hydroxyl groups is 1. The van der Waals surface area contributed by atoms with Crippen LogP contribution in [0.4, 0.5) is 0 Å². The molecule has 0 fully saturated rings. The molecular formula is C15H10N2O4S. The number of carbonyl (C=O) groups is 1. The van der Waals surface area contributed by atoms with E-state index in [0.717, 1.165) is 0 Å². The first-order valence-electron chi connectivity index (χ1n) is 6.26. The summed E-state index contributed by atoms with van der Waals surface area (Å²) >= 11 is 1.29. The van der Waals surface area contributed by atoms with E-state index in [9.17, 15) is 14.7 Å². The summed E-state index contributed by atoms with van der Waals surface area (Å²) in [5, 5.41) is 15.2. The Bertz CT molecular complexity index is 913. The Labute approximate surface area is 128 Å². The number of hydrazone groups is 1. The maximum atomic E-state index is 12.2. The fourth-order valence-corrected chi connectivity index (χ4v) is 2.46. The quantitative estimate of drug-likeness (QED) is 0.573. The molecule has 1 amide bonds. The number of hydrogen-bond acceptors (Lipinski definition) is 6. The molecule has 0 aliphatic rings. The van der Waals surface area contributed by atoms with Crippen molar-refractivity contribution in [3.8, 4) is 5.75 Å². The van der Waals surface area contributed by atoms with Gasteiger partial charge in [0.25, 0.3) is 5.91 Å². The standard InChI is InChI=1S/C15H10N2O4S/c18-10-3-4-11-12(6-10)21-8-9(14(11)19)7-16-17-15(20)13-2-1-5-22-13/h1-8,18H,(H,17,20)/b16-7+. The fraction of sp³-hybridized carbons (Fsp3) is 0. The Balaban J connectivity index is 1.83. The van der Waals surface area contributed by atoms with Crippen LogP contribution in [-0.2, 0) is 0 Å². The van der Waals surface area contributed by atoms with E-state index in [1.165, 1.54) is 42.0 Å². The molecule has 0 saturated carbocycles. The number of fused-ring (bicyclic) bond motifs is 1. The summed E-state index contributed by atoms with van der Waals surface area (Å²) in [4.78, 5) is 24.4. The molecular weight excluding hydrogens is 304 g/mol. The van der Waals surface area contributed by atoms with Gasteiger partial charge in [-0.25, -0.2) is 5.43 Å². The SMILES string of the molecule is O=C(N/N=C/c1coc2cc(O)ccc2c1=O)c1cccs1. The van der Waals surface area contributed by atoms with Crippen LogP contribution in [0.15, 0.2) is 56.3 Å². The van der Waals surface area contributed by atoms with Gasteiger partial charge >= 0.3 is 0 Å². The van der Waals surface area contributed by atoms with Crippen LogP contribution in [-0.4, -0.2) is 17.2 Å². The van der Waals surface area contributed by atoms with Crippen LogP contribution in [0.5, 0.6) is 5.75 Å². The lowest BCUT2D eigenvalue weighted by molar-refractivity contribution is 0.0959. The number of phenols is 1. The van der Waals surface area contributed by atoms with Gasteiger partial charge in [-0.3, -0.25) is 9.59 Å². The molecule has 2 heterocycles. The van der Waals surface area contributed by atoms with E-state index >= 15 is 0 Å². The van der Waals surface area contributed by atoms with Crippen molar-refractivity contribution in [3.63, 3.8) is 0 Å². The number of nitrogens with zero attached hydrogens (tertiary/aromatic N) is 1. The van der Waals surface area contributed by atoms with Crippen molar-refractivity contribution in [2.45, 2.75) is 0 Å². The lowest BCUT2D eigenvalue weighted by Gasteiger charge is -1.99. The highest BCUT2D eigenvalue weighted by molar-refractivity contribution is 7.12. The van der Waals surface area contributed by atoms with Crippen molar-refractivity contribution in [3.05, 3.63) is 62.6 Å². The topological polar surface area (TPSA) is 91.9 Å². The highest BCUT2D eigenvalue weighted by Gasteiger charge is 2.07. The van der Waals surface area contributed by atoms with Gasteiger partial charge in [0, 0.05) is 6.07 Å². The number of amides is 1. The zero-order valence-electron chi connectivity index (χ0n) is 11.1. The molecule has 3 aromatic rings. The van der Waals surface area contributed by atoms with Crippen molar-refractivity contribution in [2.24, 2.45) is 5.10 Å². The zero-order valence-corrected chi connectivity index (χ0v) is 12.0. The largest absolute Gasteiger partial charge is 0.508 e. The van der Waals surface area contributed by atoms with E-state index < -0.39 is 0 Å². The van der Waals surface area contributed by atoms with Gasteiger partial charge in [0.1, 0.15) is 17.6 Å². The molecule has 0 aliphatic carbocycles. The van der Waals surface area contributed by atoms with E-state index in [-0.39, 0.29) is 28.2 Å². The van der Waals surface area contributed by atoms with E-state index in [0.29, 0.717) is 10.3 Å². The van der Waals surface area contributed by atoms with Crippen LogP contribution >= 0.6 is 11.3 Å². The molecule has 0 radical (unpaired) electrons. The van der Waals surface area contributed by atoms with Crippen LogP contribution < -0.4 is 10.9 Å². The Morgan fingerprint density at radius 2 is 2.23 bits per heavy atom. The number of nitrogens with one attached hydrogen (secondary N) is 1. The molecule has 3 rings (SSSR count). The predicted octanol–water partition coefficient (Wildman–Crippen LogP) is 2.32. The number of rotatable bonds is 3. The minimum Gasteiger partial charge on any atom is -0.508 e. The molecule has 0 unspecified atom stereocenters. The van der Waals surface area contributed by atoms with Crippen LogP contribution in [0.1, 0.15) is 15.2 Å². The third kappa shape index (κ3) is 2.75. The number of thiophene rings is 1. The van der Waals surface area contributed by atoms with Crippen LogP contribution in [0, 0.1) is 0 Å². The summed E-state index contributed by atoms with van der Waals surface area (Å²) in [6.07, 6.45) is 2.45. The van der Waals surface area contributed by atoms with Gasteiger partial charge in [0.2, 0.25) is 5.43 Å². The summed E-state index contributed by atoms with van der Waals surface area (Å²) in [7, 11) is 0. The Morgan fingerprint density at radius 1 is 1.36 bits per heavy atom. The van der Waals surface area contributed by atoms with Gasteiger partial charge < -0.3 is 9.52 Å². The third-order valence-electron chi connectivity index (χ3n) is 2.90. The van der Waals surface area contributed by atoms with Gasteiger partial charge in [-0.2, -0.15) is 5.10 Å². The van der Waals surface area contributed by atoms with Crippen molar-refractivity contribution in [1.82, 2.24) is 5.43 Å². The normalized spacial score (nSPS) is 11.1. The summed E-state index contributed by atoms with van der Waals surface area (Å²) in [6.45, 7) is 0. The Hall–Kier alpha value is -2.93. The van der Waals surface area contributed by atoms with Gasteiger partial charge in [0.15, 0.2) is 0 Å². The molecule has 0 atom stereocenters. The fourth-order valence-electron chi connectivity index (χ4n) is 1.84. The predicted molar refractivity (Wildman–Crippen MR) is 83.5 cm³/mol. The van der Waals surface area contributed by atoms with Gasteiger partial charge in [0.05, 0.1) is 22.0 Å². The second-order valence-electron chi connectivity index (χ2n) is 4.38. The van der Waals surface area contributed by atoms with E-state index in [2.05, 4.69) is 10.5 Å². The number of hydrogen-bond donors (Lipinski definition) is 2. The molecule has 22 heavy (non-hydrogen) atoms. The molecule has 0 aliphatic heterocycles. The van der Waals surface area contributed by atoms with E-state index in [4.69, 9.17) is 4.42 Å². The summed E-state index contributed by atoms with van der Waals surface area (Å²) in [5.74, 6) is -0.332. The van der Waals surface area contributed by atoms with E-state index in [1.807, 2.05) is 0 Å². The van der Waals surface area contributed by atoms with Gasteiger partial charge in [-0.15, -0.1) is 11.3 Å². The Kier molecular flexibility index (Phi) is 3.71. The maximum absolute atomic E-state index is 12.2. The van der Waals surface area contributed by atoms with Crippen molar-refractivity contribution in [2.75, 3.05) is 0 Å². The molecule has 6 nitrogen and oxygen atoms in total. The average Bonchev–Trinajstić information content (AvgIpc) is 3.04. The van der Waals surface area contributed by atoms with Gasteiger partial charge in [-0.05, 0) is 23.6 Å². The first-order valence-corrected chi connectivity index (χ1v) is 7.14. The molecule has 110 valence electrons. The number of phenolic OH excluding ortho intramolecular Hbond substituents is 1. The Morgan fingerprint density at radius 3 is 3.00 bits per heavy atom. The first-order chi connectivity index (χ1) is 10.6. The molecule has 0 spiro atoms. The maximum Gasteiger partial charge on any atom is 0.281 e. The van der Waals surface area contributed by atoms with Crippen molar-refractivity contribution < 1.29 is 14.3 Å². The lowest BCUT2D eigenvalue weighted by atomic mass is 10.2. The molecule has 7 heteroatoms. The first kappa shape index (κ1) is 14.0. The van der Waals surface area contributed by atoms with E-state index in [1.54, 1.807) is 17.5 Å². The van der Waals surface area contributed by atoms with Crippen LogP contribution in [0.2, 0.25) is 0 Å².